The van der Waals surface area contributed by atoms with E-state index in [4.69, 9.17) is 4.74 Å². The molecule has 3 rings (SSSR count). The number of nitrogens with one attached hydrogen (secondary N) is 1. The Labute approximate surface area is 198 Å². The van der Waals surface area contributed by atoms with Gasteiger partial charge < -0.3 is 4.74 Å². The summed E-state index contributed by atoms with van der Waals surface area (Å²) in [4.78, 5) is 12.6. The van der Waals surface area contributed by atoms with Gasteiger partial charge in [-0.1, -0.05) is 43.0 Å². The molecule has 0 saturated carbocycles. The predicted molar refractivity (Wildman–Crippen MR) is 128 cm³/mol. The standard InChI is InChI=1S/C25H24FN3O4S/c1-2-16-33-23-14-10-20(11-15-23)17-27-28-25(30)19-29(18-21-8-12-22(26)13-9-21)34(31,32)24-6-4-3-5-7-24/h2-15,17H,1,16,18-19H2,(H,28,30)/b27-17-. The quantitative estimate of drug-likeness (QED) is 0.257. The van der Waals surface area contributed by atoms with E-state index in [0.29, 0.717) is 23.5 Å². The monoisotopic (exact) mass is 481 g/mol. The van der Waals surface area contributed by atoms with Crippen molar-refractivity contribution in [2.75, 3.05) is 13.2 Å². The second-order valence-corrected chi connectivity index (χ2v) is 9.11. The SMILES string of the molecule is C=CCOc1ccc(/C=N\NC(=O)CN(Cc2ccc(F)cc2)S(=O)(=O)c2ccccc2)cc1. The predicted octanol–water partition coefficient (Wildman–Crippen LogP) is 3.73. The van der Waals surface area contributed by atoms with Crippen molar-refractivity contribution >= 4 is 22.1 Å². The maximum Gasteiger partial charge on any atom is 0.255 e. The largest absolute Gasteiger partial charge is 0.490 e. The number of benzene rings is 3. The Morgan fingerprint density at radius 3 is 2.35 bits per heavy atom. The van der Waals surface area contributed by atoms with Gasteiger partial charge in [0.2, 0.25) is 10.0 Å². The lowest BCUT2D eigenvalue weighted by atomic mass is 10.2. The van der Waals surface area contributed by atoms with Gasteiger partial charge in [0.15, 0.2) is 0 Å². The highest BCUT2D eigenvalue weighted by Crippen LogP contribution is 2.18. The Bertz CT molecular complexity index is 1230. The minimum absolute atomic E-state index is 0.0483. The summed E-state index contributed by atoms with van der Waals surface area (Å²) in [6, 6.07) is 20.2. The number of hydrogen-bond donors (Lipinski definition) is 1. The molecule has 0 bridgehead atoms. The van der Waals surface area contributed by atoms with E-state index in [0.717, 1.165) is 4.31 Å². The summed E-state index contributed by atoms with van der Waals surface area (Å²) >= 11 is 0. The summed E-state index contributed by atoms with van der Waals surface area (Å²) in [6.45, 7) is 3.40. The highest BCUT2D eigenvalue weighted by Gasteiger charge is 2.26. The minimum Gasteiger partial charge on any atom is -0.490 e. The Morgan fingerprint density at radius 1 is 1.03 bits per heavy atom. The fraction of sp³-hybridized carbons (Fsp3) is 0.120. The van der Waals surface area contributed by atoms with Gasteiger partial charge in [0.05, 0.1) is 17.7 Å². The van der Waals surface area contributed by atoms with Crippen molar-refractivity contribution in [2.45, 2.75) is 11.4 Å². The van der Waals surface area contributed by atoms with Crippen molar-refractivity contribution in [1.82, 2.24) is 9.73 Å². The van der Waals surface area contributed by atoms with Crippen molar-refractivity contribution in [2.24, 2.45) is 5.10 Å². The minimum atomic E-state index is -3.99. The van der Waals surface area contributed by atoms with E-state index in [1.54, 1.807) is 48.5 Å². The average molecular weight is 482 g/mol. The van der Waals surface area contributed by atoms with Crippen LogP contribution in [-0.2, 0) is 21.4 Å². The molecule has 0 radical (unpaired) electrons. The van der Waals surface area contributed by atoms with Gasteiger partial charge in [-0.25, -0.2) is 18.2 Å². The van der Waals surface area contributed by atoms with Crippen LogP contribution in [0.25, 0.3) is 0 Å². The maximum atomic E-state index is 13.3. The first-order chi connectivity index (χ1) is 16.4. The number of carbonyl (C=O) groups excluding carboxylic acids is 1. The number of halogens is 1. The second kappa shape index (κ2) is 11.9. The molecular weight excluding hydrogens is 457 g/mol. The first-order valence-corrected chi connectivity index (χ1v) is 11.8. The first-order valence-electron chi connectivity index (χ1n) is 10.3. The van der Waals surface area contributed by atoms with Gasteiger partial charge in [0.1, 0.15) is 18.2 Å². The third-order valence-corrected chi connectivity index (χ3v) is 6.43. The molecule has 0 aliphatic carbocycles. The van der Waals surface area contributed by atoms with E-state index >= 15 is 0 Å². The molecule has 3 aromatic carbocycles. The van der Waals surface area contributed by atoms with Crippen molar-refractivity contribution in [1.29, 1.82) is 0 Å². The molecule has 9 heteroatoms. The number of carbonyl (C=O) groups is 1. The molecule has 0 spiro atoms. The van der Waals surface area contributed by atoms with Crippen molar-refractivity contribution < 1.29 is 22.3 Å². The summed E-state index contributed by atoms with van der Waals surface area (Å²) in [5.74, 6) is -0.388. The Balaban J connectivity index is 1.70. The highest BCUT2D eigenvalue weighted by atomic mass is 32.2. The van der Waals surface area contributed by atoms with Crippen LogP contribution in [-0.4, -0.2) is 38.0 Å². The average Bonchev–Trinajstić information content (AvgIpc) is 2.85. The molecular formula is C25H24FN3O4S. The van der Waals surface area contributed by atoms with Gasteiger partial charge in [-0.15, -0.1) is 0 Å². The maximum absolute atomic E-state index is 13.3. The van der Waals surface area contributed by atoms with Gasteiger partial charge >= 0.3 is 0 Å². The summed E-state index contributed by atoms with van der Waals surface area (Å²) in [5.41, 5.74) is 3.60. The number of rotatable bonds is 11. The van der Waals surface area contributed by atoms with Crippen LogP contribution < -0.4 is 10.2 Å². The van der Waals surface area contributed by atoms with Gasteiger partial charge in [-0.2, -0.15) is 9.41 Å². The van der Waals surface area contributed by atoms with Gasteiger partial charge in [-0.05, 0) is 59.7 Å². The molecule has 0 heterocycles. The fourth-order valence-electron chi connectivity index (χ4n) is 2.94. The topological polar surface area (TPSA) is 88.1 Å². The lowest BCUT2D eigenvalue weighted by Crippen LogP contribution is -2.39. The molecule has 0 fully saturated rings. The van der Waals surface area contributed by atoms with Crippen molar-refractivity contribution in [3.05, 3.63) is 108 Å². The number of sulfonamides is 1. The zero-order chi connectivity index (χ0) is 24.4. The Kier molecular flexibility index (Phi) is 8.66. The van der Waals surface area contributed by atoms with Crippen LogP contribution in [0.3, 0.4) is 0 Å². The summed E-state index contributed by atoms with van der Waals surface area (Å²) in [6.07, 6.45) is 3.08. The smallest absolute Gasteiger partial charge is 0.255 e. The number of nitrogens with zero attached hydrogens (tertiary/aromatic N) is 2. The molecule has 0 aliphatic heterocycles. The van der Waals surface area contributed by atoms with Crippen LogP contribution in [0.1, 0.15) is 11.1 Å². The molecule has 0 saturated heterocycles. The van der Waals surface area contributed by atoms with E-state index in [-0.39, 0.29) is 11.4 Å². The van der Waals surface area contributed by atoms with E-state index in [1.165, 1.54) is 42.6 Å². The normalized spacial score (nSPS) is 11.5. The lowest BCUT2D eigenvalue weighted by Gasteiger charge is -2.21. The number of ether oxygens (including phenoxy) is 1. The van der Waals surface area contributed by atoms with Crippen LogP contribution >= 0.6 is 0 Å². The van der Waals surface area contributed by atoms with Crippen LogP contribution in [0.5, 0.6) is 5.75 Å². The fourth-order valence-corrected chi connectivity index (χ4v) is 4.35. The van der Waals surface area contributed by atoms with Crippen molar-refractivity contribution in [3.63, 3.8) is 0 Å². The van der Waals surface area contributed by atoms with E-state index < -0.39 is 28.3 Å². The summed E-state index contributed by atoms with van der Waals surface area (Å²) in [7, 11) is -3.99. The van der Waals surface area contributed by atoms with Crippen LogP contribution in [0.4, 0.5) is 4.39 Å². The van der Waals surface area contributed by atoms with Crippen LogP contribution in [0.15, 0.2) is 102 Å². The van der Waals surface area contributed by atoms with E-state index in [1.807, 2.05) is 0 Å². The molecule has 1 N–H and O–H groups in total. The molecule has 7 nitrogen and oxygen atoms in total. The molecule has 176 valence electrons. The van der Waals surface area contributed by atoms with E-state index in [9.17, 15) is 17.6 Å². The van der Waals surface area contributed by atoms with Crippen LogP contribution in [0, 0.1) is 5.82 Å². The number of amides is 1. The third kappa shape index (κ3) is 7.09. The number of hydrazone groups is 1. The molecule has 0 unspecified atom stereocenters. The number of hydrogen-bond acceptors (Lipinski definition) is 5. The van der Waals surface area contributed by atoms with Gasteiger partial charge in [0.25, 0.3) is 5.91 Å². The Hall–Kier alpha value is -3.82. The third-order valence-electron chi connectivity index (χ3n) is 4.62. The highest BCUT2D eigenvalue weighted by molar-refractivity contribution is 7.89. The zero-order valence-corrected chi connectivity index (χ0v) is 19.1. The van der Waals surface area contributed by atoms with Crippen LogP contribution in [0.2, 0.25) is 0 Å². The first kappa shape index (κ1) is 24.8. The summed E-state index contributed by atoms with van der Waals surface area (Å²) in [5, 5.41) is 3.91. The second-order valence-electron chi connectivity index (χ2n) is 7.17. The van der Waals surface area contributed by atoms with Gasteiger partial charge in [-0.3, -0.25) is 4.79 Å². The Morgan fingerprint density at radius 2 is 1.71 bits per heavy atom. The zero-order valence-electron chi connectivity index (χ0n) is 18.3. The van der Waals surface area contributed by atoms with Gasteiger partial charge in [0, 0.05) is 6.54 Å². The molecule has 34 heavy (non-hydrogen) atoms. The van der Waals surface area contributed by atoms with E-state index in [2.05, 4.69) is 17.1 Å². The van der Waals surface area contributed by atoms with Crippen molar-refractivity contribution in [3.8, 4) is 5.75 Å². The molecule has 0 aromatic heterocycles. The molecule has 0 aliphatic rings. The lowest BCUT2D eigenvalue weighted by molar-refractivity contribution is -0.121. The molecule has 0 atom stereocenters. The molecule has 3 aromatic rings. The summed E-state index contributed by atoms with van der Waals surface area (Å²) < 4.78 is 46.0. The molecule has 1 amide bonds.